The number of carbonyl (C=O) groups is 2. The van der Waals surface area contributed by atoms with Crippen molar-refractivity contribution in [3.05, 3.63) is 64.1 Å². The number of benzene rings is 2. The van der Waals surface area contributed by atoms with Crippen LogP contribution in [0, 0.1) is 0 Å². The van der Waals surface area contributed by atoms with Crippen molar-refractivity contribution in [3.8, 4) is 0 Å². The first kappa shape index (κ1) is 27.9. The van der Waals surface area contributed by atoms with E-state index in [0.29, 0.717) is 12.2 Å². The largest absolute Gasteiger partial charge is 0.355 e. The Hall–Kier alpha value is -2.39. The fourth-order valence-electron chi connectivity index (χ4n) is 3.43. The van der Waals surface area contributed by atoms with Crippen LogP contribution in [-0.2, 0) is 31.6 Å². The lowest BCUT2D eigenvalue weighted by Crippen LogP contribution is -2.51. The summed E-state index contributed by atoms with van der Waals surface area (Å²) >= 11 is 3.39. The van der Waals surface area contributed by atoms with Gasteiger partial charge in [0.1, 0.15) is 12.6 Å². The average molecular weight is 553 g/mol. The van der Waals surface area contributed by atoms with Gasteiger partial charge in [0.25, 0.3) is 0 Å². The molecule has 34 heavy (non-hydrogen) atoms. The lowest BCUT2D eigenvalue weighted by molar-refractivity contribution is -0.139. The number of rotatable bonds is 9. The molecule has 0 radical (unpaired) electrons. The molecule has 0 heterocycles. The van der Waals surface area contributed by atoms with E-state index in [2.05, 4.69) is 42.0 Å². The Balaban J connectivity index is 2.38. The first-order chi connectivity index (χ1) is 15.7. The summed E-state index contributed by atoms with van der Waals surface area (Å²) in [7, 11) is -3.75. The van der Waals surface area contributed by atoms with Gasteiger partial charge in [0, 0.05) is 17.6 Å². The standard InChI is InChI=1S/C25H34BrN3O4S/c1-7-27-24(31)18(2)28(16-19-8-12-21(26)13-9-19)23(30)17-29(34(6,32)33)22-14-10-20(11-15-22)25(3,4)5/h8-15,18H,7,16-17H2,1-6H3,(H,27,31). The highest BCUT2D eigenvalue weighted by molar-refractivity contribution is 9.10. The number of nitrogens with one attached hydrogen (secondary N) is 1. The van der Waals surface area contributed by atoms with E-state index in [-0.39, 0.29) is 17.9 Å². The third-order valence-corrected chi connectivity index (χ3v) is 7.15. The van der Waals surface area contributed by atoms with Crippen LogP contribution < -0.4 is 9.62 Å². The zero-order chi connectivity index (χ0) is 25.7. The van der Waals surface area contributed by atoms with Crippen LogP contribution in [0.2, 0.25) is 0 Å². The molecule has 0 bridgehead atoms. The van der Waals surface area contributed by atoms with E-state index < -0.39 is 28.5 Å². The Morgan fingerprint density at radius 3 is 2.06 bits per heavy atom. The summed E-state index contributed by atoms with van der Waals surface area (Å²) in [5.74, 6) is -0.764. The predicted molar refractivity (Wildman–Crippen MR) is 140 cm³/mol. The highest BCUT2D eigenvalue weighted by Crippen LogP contribution is 2.26. The lowest BCUT2D eigenvalue weighted by Gasteiger charge is -2.31. The Labute approximate surface area is 211 Å². The molecule has 0 saturated heterocycles. The number of carbonyl (C=O) groups excluding carboxylic acids is 2. The third kappa shape index (κ3) is 7.56. The minimum absolute atomic E-state index is 0.0895. The summed E-state index contributed by atoms with van der Waals surface area (Å²) in [6.45, 7) is 9.86. The molecule has 1 unspecified atom stereocenters. The van der Waals surface area contributed by atoms with E-state index in [9.17, 15) is 18.0 Å². The van der Waals surface area contributed by atoms with Gasteiger partial charge in [-0.2, -0.15) is 0 Å². The summed E-state index contributed by atoms with van der Waals surface area (Å²) in [6.07, 6.45) is 1.07. The van der Waals surface area contributed by atoms with Crippen molar-refractivity contribution in [1.29, 1.82) is 0 Å². The molecular weight excluding hydrogens is 518 g/mol. The van der Waals surface area contributed by atoms with Crippen LogP contribution >= 0.6 is 15.9 Å². The predicted octanol–water partition coefficient (Wildman–Crippen LogP) is 4.07. The van der Waals surface area contributed by atoms with Gasteiger partial charge in [-0.05, 0) is 54.7 Å². The van der Waals surface area contributed by atoms with Crippen LogP contribution in [-0.4, -0.2) is 50.5 Å². The first-order valence-corrected chi connectivity index (χ1v) is 13.8. The molecule has 0 fully saturated rings. The SMILES string of the molecule is CCNC(=O)C(C)N(Cc1ccc(Br)cc1)C(=O)CN(c1ccc(C(C)(C)C)cc1)S(C)(=O)=O. The molecule has 1 atom stereocenters. The van der Waals surface area contributed by atoms with E-state index in [1.165, 1.54) is 4.90 Å². The quantitative estimate of drug-likeness (QED) is 0.509. The van der Waals surface area contributed by atoms with Crippen molar-refractivity contribution in [2.75, 3.05) is 23.7 Å². The summed E-state index contributed by atoms with van der Waals surface area (Å²) in [4.78, 5) is 27.4. The average Bonchev–Trinajstić information content (AvgIpc) is 2.75. The van der Waals surface area contributed by atoms with Gasteiger partial charge < -0.3 is 10.2 Å². The van der Waals surface area contributed by atoms with Gasteiger partial charge in [-0.3, -0.25) is 13.9 Å². The second-order valence-electron chi connectivity index (χ2n) is 9.29. The van der Waals surface area contributed by atoms with E-state index in [1.807, 2.05) is 36.4 Å². The molecule has 9 heteroatoms. The molecule has 186 valence electrons. The van der Waals surface area contributed by atoms with Gasteiger partial charge in [-0.25, -0.2) is 8.42 Å². The number of nitrogens with zero attached hydrogens (tertiary/aromatic N) is 2. The molecule has 2 aromatic carbocycles. The van der Waals surface area contributed by atoms with Crippen LogP contribution in [0.1, 0.15) is 45.7 Å². The normalized spacial score (nSPS) is 12.7. The molecule has 2 rings (SSSR count). The van der Waals surface area contributed by atoms with E-state index in [0.717, 1.165) is 26.2 Å². The van der Waals surface area contributed by atoms with Crippen molar-refractivity contribution in [2.24, 2.45) is 0 Å². The Bertz CT molecular complexity index is 1090. The molecule has 0 aromatic heterocycles. The number of sulfonamides is 1. The molecule has 0 aliphatic heterocycles. The van der Waals surface area contributed by atoms with E-state index >= 15 is 0 Å². The van der Waals surface area contributed by atoms with Crippen LogP contribution in [0.3, 0.4) is 0 Å². The first-order valence-electron chi connectivity index (χ1n) is 11.1. The van der Waals surface area contributed by atoms with Gasteiger partial charge in [0.15, 0.2) is 0 Å². The number of anilines is 1. The summed E-state index contributed by atoms with van der Waals surface area (Å²) in [5, 5.41) is 2.74. The maximum Gasteiger partial charge on any atom is 0.244 e. The highest BCUT2D eigenvalue weighted by Gasteiger charge is 2.30. The molecule has 0 spiro atoms. The van der Waals surface area contributed by atoms with Gasteiger partial charge in [0.05, 0.1) is 11.9 Å². The van der Waals surface area contributed by atoms with Crippen LogP contribution in [0.5, 0.6) is 0 Å². The van der Waals surface area contributed by atoms with Crippen molar-refractivity contribution in [2.45, 2.75) is 52.6 Å². The highest BCUT2D eigenvalue weighted by atomic mass is 79.9. The topological polar surface area (TPSA) is 86.8 Å². The third-order valence-electron chi connectivity index (χ3n) is 5.48. The van der Waals surface area contributed by atoms with Crippen molar-refractivity contribution in [1.82, 2.24) is 10.2 Å². The second-order valence-corrected chi connectivity index (χ2v) is 12.1. The van der Waals surface area contributed by atoms with Crippen LogP contribution in [0.4, 0.5) is 5.69 Å². The fraction of sp³-hybridized carbons (Fsp3) is 0.440. The summed E-state index contributed by atoms with van der Waals surface area (Å²) in [6, 6.07) is 13.8. The zero-order valence-corrected chi connectivity index (χ0v) is 23.0. The summed E-state index contributed by atoms with van der Waals surface area (Å²) < 4.78 is 27.3. The van der Waals surface area contributed by atoms with Gasteiger partial charge in [-0.1, -0.05) is 61.0 Å². The van der Waals surface area contributed by atoms with Gasteiger partial charge in [-0.15, -0.1) is 0 Å². The number of halogens is 1. The molecular formula is C25H34BrN3O4S. The van der Waals surface area contributed by atoms with E-state index in [4.69, 9.17) is 0 Å². The molecule has 0 aliphatic rings. The minimum atomic E-state index is -3.75. The maximum atomic E-state index is 13.5. The second kappa shape index (κ2) is 11.4. The van der Waals surface area contributed by atoms with Gasteiger partial charge in [0.2, 0.25) is 21.8 Å². The molecule has 2 aromatic rings. The number of likely N-dealkylation sites (N-methyl/N-ethyl adjacent to an activating group) is 1. The molecule has 2 amide bonds. The number of hydrogen-bond donors (Lipinski definition) is 1. The maximum absolute atomic E-state index is 13.5. The molecule has 0 aliphatic carbocycles. The Morgan fingerprint density at radius 2 is 1.59 bits per heavy atom. The lowest BCUT2D eigenvalue weighted by atomic mass is 9.87. The molecule has 0 saturated carbocycles. The monoisotopic (exact) mass is 551 g/mol. The Morgan fingerprint density at radius 1 is 1.03 bits per heavy atom. The van der Waals surface area contributed by atoms with Gasteiger partial charge >= 0.3 is 0 Å². The van der Waals surface area contributed by atoms with Crippen LogP contribution in [0.25, 0.3) is 0 Å². The van der Waals surface area contributed by atoms with E-state index in [1.54, 1.807) is 26.0 Å². The van der Waals surface area contributed by atoms with Crippen molar-refractivity contribution in [3.63, 3.8) is 0 Å². The molecule has 7 nitrogen and oxygen atoms in total. The van der Waals surface area contributed by atoms with Crippen LogP contribution in [0.15, 0.2) is 53.0 Å². The zero-order valence-electron chi connectivity index (χ0n) is 20.6. The van der Waals surface area contributed by atoms with Crippen molar-refractivity contribution < 1.29 is 18.0 Å². The minimum Gasteiger partial charge on any atom is -0.355 e. The molecule has 1 N–H and O–H groups in total. The Kier molecular flexibility index (Phi) is 9.30. The summed E-state index contributed by atoms with van der Waals surface area (Å²) in [5.41, 5.74) is 2.19. The smallest absolute Gasteiger partial charge is 0.244 e. The number of amides is 2. The fourth-order valence-corrected chi connectivity index (χ4v) is 4.55. The number of hydrogen-bond acceptors (Lipinski definition) is 4. The van der Waals surface area contributed by atoms with Crippen molar-refractivity contribution >= 4 is 43.5 Å².